The summed E-state index contributed by atoms with van der Waals surface area (Å²) in [7, 11) is 0. The van der Waals surface area contributed by atoms with Gasteiger partial charge >= 0.3 is 0 Å². The zero-order valence-electron chi connectivity index (χ0n) is 5.81. The fourth-order valence-electron chi connectivity index (χ4n) is 0.865. The first-order chi connectivity index (χ1) is 5.27. The Morgan fingerprint density at radius 1 is 1.64 bits per heavy atom. The van der Waals surface area contributed by atoms with Crippen molar-refractivity contribution in [2.75, 3.05) is 0 Å². The summed E-state index contributed by atoms with van der Waals surface area (Å²) in [5.74, 6) is 0. The lowest BCUT2D eigenvalue weighted by molar-refractivity contribution is 0.890. The summed E-state index contributed by atoms with van der Waals surface area (Å²) in [5, 5.41) is 3.82. The molecule has 2 aromatic rings. The minimum atomic E-state index is -0.117. The van der Waals surface area contributed by atoms with Crippen molar-refractivity contribution >= 4 is 16.3 Å². The van der Waals surface area contributed by atoms with Gasteiger partial charge in [0.2, 0.25) is 4.96 Å². The van der Waals surface area contributed by atoms with Crippen molar-refractivity contribution in [1.29, 1.82) is 0 Å². The Morgan fingerprint density at radius 3 is 3.27 bits per heavy atom. The van der Waals surface area contributed by atoms with Crippen LogP contribution >= 0.6 is 11.3 Å². The van der Waals surface area contributed by atoms with E-state index in [2.05, 4.69) is 10.1 Å². The van der Waals surface area contributed by atoms with Gasteiger partial charge in [-0.2, -0.15) is 9.61 Å². The lowest BCUT2D eigenvalue weighted by atomic mass is 10.5. The van der Waals surface area contributed by atoms with Crippen LogP contribution in [0.3, 0.4) is 0 Å². The largest absolute Gasteiger partial charge is 0.275 e. The van der Waals surface area contributed by atoms with E-state index in [0.717, 1.165) is 5.69 Å². The van der Waals surface area contributed by atoms with Gasteiger partial charge in [-0.15, -0.1) is 0 Å². The molecular weight excluding hydrogens is 162 g/mol. The molecule has 0 aliphatic carbocycles. The van der Waals surface area contributed by atoms with Crippen LogP contribution in [-0.2, 0) is 0 Å². The topological polar surface area (TPSA) is 47.3 Å². The molecule has 11 heavy (non-hydrogen) atoms. The van der Waals surface area contributed by atoms with Crippen LogP contribution in [0.1, 0.15) is 5.69 Å². The lowest BCUT2D eigenvalue weighted by Crippen LogP contribution is -2.13. The second-order valence-electron chi connectivity index (χ2n) is 2.17. The van der Waals surface area contributed by atoms with Gasteiger partial charge < -0.3 is 0 Å². The van der Waals surface area contributed by atoms with Crippen LogP contribution in [-0.4, -0.2) is 14.6 Å². The summed E-state index contributed by atoms with van der Waals surface area (Å²) in [6.45, 7) is 1.79. The van der Waals surface area contributed by atoms with Crippen molar-refractivity contribution in [3.05, 3.63) is 27.6 Å². The number of hydrogen-bond donors (Lipinski definition) is 0. The minimum Gasteiger partial charge on any atom is -0.267 e. The molecule has 0 unspecified atom stereocenters. The normalized spacial score (nSPS) is 10.6. The van der Waals surface area contributed by atoms with Gasteiger partial charge in [-0.3, -0.25) is 4.79 Å². The third-order valence-electron chi connectivity index (χ3n) is 1.32. The van der Waals surface area contributed by atoms with Gasteiger partial charge in [0.15, 0.2) is 0 Å². The number of hydrogen-bond acceptors (Lipinski definition) is 4. The van der Waals surface area contributed by atoms with E-state index < -0.39 is 0 Å². The van der Waals surface area contributed by atoms with Crippen molar-refractivity contribution in [3.63, 3.8) is 0 Å². The highest BCUT2D eigenvalue weighted by molar-refractivity contribution is 7.14. The van der Waals surface area contributed by atoms with E-state index in [4.69, 9.17) is 0 Å². The number of nitrogens with zero attached hydrogens (tertiary/aromatic N) is 3. The quantitative estimate of drug-likeness (QED) is 0.572. The van der Waals surface area contributed by atoms with Gasteiger partial charge in [0, 0.05) is 11.8 Å². The summed E-state index contributed by atoms with van der Waals surface area (Å²) >= 11 is 1.36. The van der Waals surface area contributed by atoms with Crippen LogP contribution in [0.5, 0.6) is 0 Å². The fraction of sp³-hybridized carbons (Fsp3) is 0.167. The van der Waals surface area contributed by atoms with E-state index in [1.54, 1.807) is 12.4 Å². The van der Waals surface area contributed by atoms with Crippen LogP contribution in [0.15, 0.2) is 16.4 Å². The molecule has 0 saturated heterocycles. The molecule has 0 spiro atoms. The number of rotatable bonds is 0. The van der Waals surface area contributed by atoms with E-state index in [-0.39, 0.29) is 5.56 Å². The van der Waals surface area contributed by atoms with Crippen LogP contribution in [0.2, 0.25) is 0 Å². The minimum absolute atomic E-state index is 0.117. The molecule has 4 nitrogen and oxygen atoms in total. The van der Waals surface area contributed by atoms with Crippen LogP contribution in [0.25, 0.3) is 4.96 Å². The molecule has 2 aromatic heterocycles. The summed E-state index contributed by atoms with van der Waals surface area (Å²) in [6, 6.07) is 1.46. The van der Waals surface area contributed by atoms with E-state index in [1.807, 2.05) is 0 Å². The lowest BCUT2D eigenvalue weighted by Gasteiger charge is -1.89. The Hall–Kier alpha value is -1.23. The first-order valence-corrected chi connectivity index (χ1v) is 3.95. The highest BCUT2D eigenvalue weighted by Crippen LogP contribution is 2.02. The van der Waals surface area contributed by atoms with Gasteiger partial charge in [-0.05, 0) is 6.92 Å². The highest BCUT2D eigenvalue weighted by Gasteiger charge is 1.99. The summed E-state index contributed by atoms with van der Waals surface area (Å²) in [4.78, 5) is 15.9. The van der Waals surface area contributed by atoms with Gasteiger partial charge in [0.1, 0.15) is 5.51 Å². The molecule has 0 saturated carbocycles. The monoisotopic (exact) mass is 167 g/mol. The second kappa shape index (κ2) is 2.13. The van der Waals surface area contributed by atoms with Crippen molar-refractivity contribution in [2.24, 2.45) is 0 Å². The SMILES string of the molecule is Cc1cc(=O)n2ncsc2n1. The molecule has 0 aliphatic rings. The second-order valence-corrected chi connectivity index (χ2v) is 2.98. The third-order valence-corrected chi connectivity index (χ3v) is 1.99. The van der Waals surface area contributed by atoms with Crippen molar-refractivity contribution < 1.29 is 0 Å². The predicted octanol–water partition coefficient (Wildman–Crippen LogP) is 0.459. The Bertz CT molecular complexity index is 444. The molecule has 0 amide bonds. The molecule has 0 bridgehead atoms. The Kier molecular flexibility index (Phi) is 1.25. The molecule has 0 aromatic carbocycles. The van der Waals surface area contributed by atoms with Gasteiger partial charge in [-0.1, -0.05) is 11.3 Å². The number of aromatic nitrogens is 3. The summed E-state index contributed by atoms with van der Waals surface area (Å²) in [6.07, 6.45) is 0. The standard InChI is InChI=1S/C6H5N3OS/c1-4-2-5(10)9-6(8-4)11-3-7-9/h2-3H,1H3. The third kappa shape index (κ3) is 0.932. The Balaban J connectivity index is 3.02. The summed E-state index contributed by atoms with van der Waals surface area (Å²) in [5.41, 5.74) is 2.22. The fourth-order valence-corrected chi connectivity index (χ4v) is 1.53. The van der Waals surface area contributed by atoms with Gasteiger partial charge in [0.05, 0.1) is 0 Å². The molecule has 2 rings (SSSR count). The first-order valence-electron chi connectivity index (χ1n) is 3.07. The van der Waals surface area contributed by atoms with Crippen LogP contribution in [0.4, 0.5) is 0 Å². The maximum absolute atomic E-state index is 11.1. The highest BCUT2D eigenvalue weighted by atomic mass is 32.1. The maximum Gasteiger partial charge on any atom is 0.275 e. The zero-order valence-corrected chi connectivity index (χ0v) is 6.63. The van der Waals surface area contributed by atoms with E-state index in [1.165, 1.54) is 21.9 Å². The molecule has 5 heteroatoms. The molecule has 0 radical (unpaired) electrons. The maximum atomic E-state index is 11.1. The van der Waals surface area contributed by atoms with E-state index in [0.29, 0.717) is 4.96 Å². The van der Waals surface area contributed by atoms with Gasteiger partial charge in [0.25, 0.3) is 5.56 Å². The Morgan fingerprint density at radius 2 is 2.45 bits per heavy atom. The van der Waals surface area contributed by atoms with Crippen molar-refractivity contribution in [2.45, 2.75) is 6.92 Å². The average Bonchev–Trinajstić information content (AvgIpc) is 2.34. The van der Waals surface area contributed by atoms with E-state index in [9.17, 15) is 4.79 Å². The van der Waals surface area contributed by atoms with E-state index >= 15 is 0 Å². The number of aryl methyl sites for hydroxylation is 1. The molecule has 2 heterocycles. The number of fused-ring (bicyclic) bond motifs is 1. The zero-order chi connectivity index (χ0) is 7.84. The average molecular weight is 167 g/mol. The molecule has 56 valence electrons. The van der Waals surface area contributed by atoms with Crippen LogP contribution < -0.4 is 5.56 Å². The molecule has 0 aliphatic heterocycles. The van der Waals surface area contributed by atoms with Crippen LogP contribution in [0, 0.1) is 6.92 Å². The Labute approximate surface area is 66.1 Å². The van der Waals surface area contributed by atoms with Crippen molar-refractivity contribution in [1.82, 2.24) is 14.6 Å². The van der Waals surface area contributed by atoms with Gasteiger partial charge in [-0.25, -0.2) is 4.98 Å². The smallest absolute Gasteiger partial charge is 0.267 e. The molecular formula is C6H5N3OS. The molecule has 0 fully saturated rings. The summed E-state index contributed by atoms with van der Waals surface area (Å²) < 4.78 is 1.29. The van der Waals surface area contributed by atoms with Crippen molar-refractivity contribution in [3.8, 4) is 0 Å². The molecule has 0 N–H and O–H groups in total. The molecule has 0 atom stereocenters. The first kappa shape index (κ1) is 6.48. The predicted molar refractivity (Wildman–Crippen MR) is 41.9 cm³/mol.